The van der Waals surface area contributed by atoms with Crippen molar-refractivity contribution in [3.8, 4) is 0 Å². The summed E-state index contributed by atoms with van der Waals surface area (Å²) in [7, 11) is 0. The van der Waals surface area contributed by atoms with Crippen molar-refractivity contribution in [2.45, 2.75) is 142 Å². The van der Waals surface area contributed by atoms with E-state index in [0.717, 1.165) is 44.4 Å². The summed E-state index contributed by atoms with van der Waals surface area (Å²) in [6.07, 6.45) is 9.22. The van der Waals surface area contributed by atoms with Crippen LogP contribution in [0.25, 0.3) is 0 Å². The highest BCUT2D eigenvalue weighted by Gasteiger charge is 2.60. The molecule has 0 amide bonds. The summed E-state index contributed by atoms with van der Waals surface area (Å²) in [5.74, 6) is 2.57. The molecule has 0 aromatic rings. The van der Waals surface area contributed by atoms with Gasteiger partial charge in [0.25, 0.3) is 0 Å². The number of ether oxygens (including phenoxy) is 3. The molecular weight excluding hydrogens is 536 g/mol. The van der Waals surface area contributed by atoms with Crippen molar-refractivity contribution in [2.24, 2.45) is 40.4 Å². The summed E-state index contributed by atoms with van der Waals surface area (Å²) in [5.41, 5.74) is 0.841. The fraction of sp³-hybridized carbons (Fsp3) is 0.912. The summed E-state index contributed by atoms with van der Waals surface area (Å²) in [6.45, 7) is 10.2. The van der Waals surface area contributed by atoms with Crippen molar-refractivity contribution in [3.63, 3.8) is 0 Å². The first-order valence-corrected chi connectivity index (χ1v) is 16.6. The Balaban J connectivity index is 1.25. The number of fused-ring (bicyclic) bond motifs is 5. The number of hydrogen-bond acceptors (Lipinski definition) is 8. The number of allylic oxidation sites excluding steroid dienone is 1. The SMILES string of the molecule is CC(=O)O[C@H]1[C@H](O)[C@H](O[C@H]2CC[C@@]3(CO)C(=CC[C@H]4[C@H]3CC[C@@]3(C)[C@@H]4CC[C@@H]3[C@H](C)CCCC(C)(C)O)C2)OC[C@H]1O. The lowest BCUT2D eigenvalue weighted by atomic mass is 9.46. The van der Waals surface area contributed by atoms with Crippen molar-refractivity contribution >= 4 is 5.97 Å². The van der Waals surface area contributed by atoms with E-state index >= 15 is 0 Å². The summed E-state index contributed by atoms with van der Waals surface area (Å²) < 4.78 is 17.0. The minimum atomic E-state index is -1.27. The van der Waals surface area contributed by atoms with Gasteiger partial charge in [-0.3, -0.25) is 4.79 Å². The van der Waals surface area contributed by atoms with Crippen LogP contribution in [0.4, 0.5) is 0 Å². The first-order chi connectivity index (χ1) is 19.8. The molecule has 0 bridgehead atoms. The highest BCUT2D eigenvalue weighted by molar-refractivity contribution is 5.66. The molecule has 240 valence electrons. The van der Waals surface area contributed by atoms with Crippen LogP contribution < -0.4 is 0 Å². The molecule has 1 aliphatic heterocycles. The molecule has 0 aromatic heterocycles. The molecule has 4 N–H and O–H groups in total. The first-order valence-electron chi connectivity index (χ1n) is 16.6. The highest BCUT2D eigenvalue weighted by atomic mass is 16.7. The molecule has 5 aliphatic rings. The van der Waals surface area contributed by atoms with E-state index in [2.05, 4.69) is 19.9 Å². The molecule has 42 heavy (non-hydrogen) atoms. The molecule has 0 aromatic carbocycles. The lowest BCUT2D eigenvalue weighted by Crippen LogP contribution is -2.57. The number of hydrogen-bond donors (Lipinski definition) is 4. The van der Waals surface area contributed by atoms with Gasteiger partial charge in [0, 0.05) is 12.3 Å². The van der Waals surface area contributed by atoms with Crippen molar-refractivity contribution in [2.75, 3.05) is 13.2 Å². The van der Waals surface area contributed by atoms with Gasteiger partial charge >= 0.3 is 5.97 Å². The van der Waals surface area contributed by atoms with Crippen LogP contribution in [-0.2, 0) is 19.0 Å². The predicted octanol–water partition coefficient (Wildman–Crippen LogP) is 4.51. The van der Waals surface area contributed by atoms with Crippen molar-refractivity contribution in [3.05, 3.63) is 11.6 Å². The van der Waals surface area contributed by atoms with E-state index in [0.29, 0.717) is 35.5 Å². The normalized spacial score (nSPS) is 44.4. The van der Waals surface area contributed by atoms with E-state index in [1.54, 1.807) is 0 Å². The van der Waals surface area contributed by atoms with Crippen molar-refractivity contribution in [1.82, 2.24) is 0 Å². The third-order valence-corrected chi connectivity index (χ3v) is 12.3. The van der Waals surface area contributed by atoms with Crippen LogP contribution in [0.5, 0.6) is 0 Å². The molecule has 0 unspecified atom stereocenters. The zero-order valence-electron chi connectivity index (χ0n) is 26.5. The lowest BCUT2D eigenvalue weighted by Gasteiger charge is -2.59. The van der Waals surface area contributed by atoms with Crippen LogP contribution in [0, 0.1) is 40.4 Å². The third-order valence-electron chi connectivity index (χ3n) is 12.3. The number of esters is 1. The summed E-state index contributed by atoms with van der Waals surface area (Å²) in [4.78, 5) is 11.5. The first kappa shape index (κ1) is 32.4. The van der Waals surface area contributed by atoms with Gasteiger partial charge in [-0.1, -0.05) is 38.3 Å². The monoisotopic (exact) mass is 592 g/mol. The van der Waals surface area contributed by atoms with Crippen LogP contribution >= 0.6 is 0 Å². The largest absolute Gasteiger partial charge is 0.457 e. The highest BCUT2D eigenvalue weighted by Crippen LogP contribution is 2.67. The van der Waals surface area contributed by atoms with Crippen LogP contribution in [0.1, 0.15) is 105 Å². The van der Waals surface area contributed by atoms with Crippen LogP contribution in [-0.4, -0.2) is 75.9 Å². The minimum Gasteiger partial charge on any atom is -0.457 e. The molecule has 1 saturated heterocycles. The number of aliphatic hydroxyl groups is 4. The van der Waals surface area contributed by atoms with Gasteiger partial charge in [-0.25, -0.2) is 0 Å². The molecule has 0 radical (unpaired) electrons. The van der Waals surface area contributed by atoms with Crippen LogP contribution in [0.3, 0.4) is 0 Å². The Morgan fingerprint density at radius 2 is 1.93 bits per heavy atom. The smallest absolute Gasteiger partial charge is 0.303 e. The van der Waals surface area contributed by atoms with E-state index in [4.69, 9.17) is 14.2 Å². The second-order valence-corrected chi connectivity index (χ2v) is 15.4. The maximum atomic E-state index is 11.5. The van der Waals surface area contributed by atoms with Gasteiger partial charge in [0.15, 0.2) is 12.4 Å². The van der Waals surface area contributed by atoms with Gasteiger partial charge in [0.05, 0.1) is 24.9 Å². The number of rotatable bonds is 9. The van der Waals surface area contributed by atoms with Gasteiger partial charge < -0.3 is 34.6 Å². The van der Waals surface area contributed by atoms with E-state index < -0.39 is 36.2 Å². The molecular formula is C34H56O8. The fourth-order valence-corrected chi connectivity index (χ4v) is 10.3. The van der Waals surface area contributed by atoms with Gasteiger partial charge in [0.2, 0.25) is 0 Å². The van der Waals surface area contributed by atoms with E-state index in [9.17, 15) is 25.2 Å². The molecule has 12 atom stereocenters. The average molecular weight is 593 g/mol. The van der Waals surface area contributed by atoms with E-state index in [1.165, 1.54) is 38.2 Å². The van der Waals surface area contributed by atoms with Gasteiger partial charge in [-0.2, -0.15) is 0 Å². The Morgan fingerprint density at radius 1 is 1.17 bits per heavy atom. The Hall–Kier alpha value is -1.03. The van der Waals surface area contributed by atoms with Crippen molar-refractivity contribution < 1.29 is 39.4 Å². The number of aliphatic hydroxyl groups excluding tert-OH is 3. The molecule has 8 nitrogen and oxygen atoms in total. The molecule has 3 saturated carbocycles. The summed E-state index contributed by atoms with van der Waals surface area (Å²) in [5, 5.41) is 42.1. The number of carbonyl (C=O) groups excluding carboxylic acids is 1. The Bertz CT molecular complexity index is 991. The molecule has 8 heteroatoms. The maximum absolute atomic E-state index is 11.5. The van der Waals surface area contributed by atoms with Gasteiger partial charge in [-0.05, 0) is 107 Å². The third kappa shape index (κ3) is 6.10. The summed E-state index contributed by atoms with van der Waals surface area (Å²) >= 11 is 0. The maximum Gasteiger partial charge on any atom is 0.303 e. The molecule has 4 aliphatic carbocycles. The van der Waals surface area contributed by atoms with Crippen LogP contribution in [0.15, 0.2) is 11.6 Å². The van der Waals surface area contributed by atoms with Crippen LogP contribution in [0.2, 0.25) is 0 Å². The number of carbonyl (C=O) groups is 1. The Kier molecular flexibility index (Phi) is 9.55. The standard InChI is InChI=1S/C34H56O8/c1-20(7-6-14-32(3,4)39)25-10-11-26-24-9-8-22-17-23(12-16-34(22,19-35)27(24)13-15-33(25,26)5)42-31-29(38)30(41-21(2)36)28(37)18-40-31/h8,20,23-31,35,37-39H,6-7,9-19H2,1-5H3/t20-,23+,24-,25-,26-,27-,28-,29+,30-,31+,33-,34-/m1/s1. The van der Waals surface area contributed by atoms with Crippen molar-refractivity contribution in [1.29, 1.82) is 0 Å². The molecule has 0 spiro atoms. The quantitative estimate of drug-likeness (QED) is 0.228. The zero-order valence-corrected chi connectivity index (χ0v) is 26.5. The summed E-state index contributed by atoms with van der Waals surface area (Å²) in [6, 6.07) is 0. The second-order valence-electron chi connectivity index (χ2n) is 15.4. The van der Waals surface area contributed by atoms with E-state index in [-0.39, 0.29) is 24.7 Å². The average Bonchev–Trinajstić information content (AvgIpc) is 3.28. The lowest BCUT2D eigenvalue weighted by molar-refractivity contribution is -0.287. The van der Waals surface area contributed by atoms with E-state index in [1.807, 2.05) is 13.8 Å². The Morgan fingerprint density at radius 3 is 2.62 bits per heavy atom. The minimum absolute atomic E-state index is 0.0708. The Labute approximate surface area is 252 Å². The fourth-order valence-electron chi connectivity index (χ4n) is 10.3. The van der Waals surface area contributed by atoms with Gasteiger partial charge in [0.1, 0.15) is 12.2 Å². The second kappa shape index (κ2) is 12.4. The molecule has 1 heterocycles. The topological polar surface area (TPSA) is 126 Å². The van der Waals surface area contributed by atoms with Gasteiger partial charge in [-0.15, -0.1) is 0 Å². The molecule has 5 rings (SSSR count). The zero-order chi connectivity index (χ0) is 30.4. The molecule has 4 fully saturated rings. The predicted molar refractivity (Wildman–Crippen MR) is 158 cm³/mol.